The van der Waals surface area contributed by atoms with E-state index in [9.17, 15) is 4.79 Å². The minimum absolute atomic E-state index is 0.182. The van der Waals surface area contributed by atoms with Crippen molar-refractivity contribution in [2.24, 2.45) is 0 Å². The zero-order valence-electron chi connectivity index (χ0n) is 13.0. The molecule has 3 heterocycles. The molecule has 4 aromatic rings. The number of para-hydroxylation sites is 1. The molecule has 0 saturated carbocycles. The smallest absolute Gasteiger partial charge is 0.259 e. The third kappa shape index (κ3) is 2.44. The summed E-state index contributed by atoms with van der Waals surface area (Å²) >= 11 is 0. The number of carbonyl (C=O) groups excluding carboxylic acids is 1. The molecule has 0 spiro atoms. The quantitative estimate of drug-likeness (QED) is 0.631. The summed E-state index contributed by atoms with van der Waals surface area (Å²) in [6.07, 6.45) is 5.12. The topological polar surface area (TPSA) is 64.2 Å². The van der Waals surface area contributed by atoms with Crippen molar-refractivity contribution in [1.82, 2.24) is 19.4 Å². The summed E-state index contributed by atoms with van der Waals surface area (Å²) in [5.74, 6) is -0.182. The maximum absolute atomic E-state index is 12.6. The Morgan fingerprint density at radius 2 is 1.92 bits per heavy atom. The second-order valence-electron chi connectivity index (χ2n) is 5.46. The summed E-state index contributed by atoms with van der Waals surface area (Å²) < 4.78 is 3.50. The minimum Gasteiger partial charge on any atom is -0.322 e. The summed E-state index contributed by atoms with van der Waals surface area (Å²) in [6, 6.07) is 15.3. The molecule has 24 heavy (non-hydrogen) atoms. The van der Waals surface area contributed by atoms with Gasteiger partial charge in [0.1, 0.15) is 0 Å². The van der Waals surface area contributed by atoms with Gasteiger partial charge in [-0.05, 0) is 37.3 Å². The molecule has 0 unspecified atom stereocenters. The van der Waals surface area contributed by atoms with E-state index in [-0.39, 0.29) is 5.91 Å². The lowest BCUT2D eigenvalue weighted by atomic mass is 10.2. The van der Waals surface area contributed by atoms with Crippen LogP contribution in [-0.2, 0) is 0 Å². The summed E-state index contributed by atoms with van der Waals surface area (Å²) in [5, 5.41) is 11.4. The van der Waals surface area contributed by atoms with Gasteiger partial charge in [-0.3, -0.25) is 4.79 Å². The molecule has 118 valence electrons. The lowest BCUT2D eigenvalue weighted by molar-refractivity contribution is 0.102. The standard InChI is InChI=1S/C18H15N5O/c1-13-17(12-20-23(13)15-5-3-2-4-6-15)18(24)21-14-8-10-22-16(11-14)7-9-19-22/h2-12H,1H3,(H,21,24). The molecule has 6 heteroatoms. The Hall–Kier alpha value is -3.41. The van der Waals surface area contributed by atoms with Gasteiger partial charge in [0.15, 0.2) is 0 Å². The van der Waals surface area contributed by atoms with Crippen LogP contribution in [0, 0.1) is 6.92 Å². The van der Waals surface area contributed by atoms with E-state index in [1.54, 1.807) is 21.6 Å². The summed E-state index contributed by atoms with van der Waals surface area (Å²) in [7, 11) is 0. The van der Waals surface area contributed by atoms with Gasteiger partial charge in [0, 0.05) is 18.1 Å². The van der Waals surface area contributed by atoms with Crippen molar-refractivity contribution in [3.63, 3.8) is 0 Å². The first-order valence-corrected chi connectivity index (χ1v) is 7.57. The Bertz CT molecular complexity index is 1020. The van der Waals surface area contributed by atoms with Crippen LogP contribution in [-0.4, -0.2) is 25.3 Å². The van der Waals surface area contributed by atoms with Crippen LogP contribution in [0.4, 0.5) is 5.69 Å². The number of benzene rings is 1. The molecule has 1 aromatic carbocycles. The number of nitrogens with zero attached hydrogens (tertiary/aromatic N) is 4. The molecular formula is C18H15N5O. The first-order valence-electron chi connectivity index (χ1n) is 7.57. The highest BCUT2D eigenvalue weighted by Crippen LogP contribution is 2.17. The number of anilines is 1. The van der Waals surface area contributed by atoms with E-state index in [0.29, 0.717) is 5.56 Å². The van der Waals surface area contributed by atoms with Crippen LogP contribution >= 0.6 is 0 Å². The molecule has 0 radical (unpaired) electrons. The molecule has 0 saturated heterocycles. The number of hydrogen-bond acceptors (Lipinski definition) is 3. The van der Waals surface area contributed by atoms with Crippen LogP contribution in [0.25, 0.3) is 11.2 Å². The number of carbonyl (C=O) groups is 1. The lowest BCUT2D eigenvalue weighted by Gasteiger charge is -2.07. The molecule has 3 aromatic heterocycles. The van der Waals surface area contributed by atoms with Gasteiger partial charge < -0.3 is 5.32 Å². The number of aromatic nitrogens is 4. The van der Waals surface area contributed by atoms with Gasteiger partial charge in [-0.1, -0.05) is 18.2 Å². The maximum Gasteiger partial charge on any atom is 0.259 e. The number of nitrogens with one attached hydrogen (secondary N) is 1. The summed E-state index contributed by atoms with van der Waals surface area (Å²) in [4.78, 5) is 12.6. The lowest BCUT2D eigenvalue weighted by Crippen LogP contribution is -2.13. The van der Waals surface area contributed by atoms with Crippen molar-refractivity contribution in [2.45, 2.75) is 6.92 Å². The van der Waals surface area contributed by atoms with Crippen molar-refractivity contribution in [2.75, 3.05) is 5.32 Å². The van der Waals surface area contributed by atoms with Crippen LogP contribution in [0.3, 0.4) is 0 Å². The Morgan fingerprint density at radius 1 is 1.08 bits per heavy atom. The molecular weight excluding hydrogens is 302 g/mol. The zero-order chi connectivity index (χ0) is 16.5. The molecule has 1 amide bonds. The van der Waals surface area contributed by atoms with Crippen molar-refractivity contribution in [1.29, 1.82) is 0 Å². The molecule has 6 nitrogen and oxygen atoms in total. The molecule has 1 N–H and O–H groups in total. The van der Waals surface area contributed by atoms with Gasteiger partial charge in [0.2, 0.25) is 0 Å². The molecule has 0 aliphatic heterocycles. The maximum atomic E-state index is 12.6. The Labute approximate surface area is 138 Å². The Balaban J connectivity index is 1.61. The Kier molecular flexibility index (Phi) is 3.35. The van der Waals surface area contributed by atoms with Gasteiger partial charge in [-0.15, -0.1) is 0 Å². The largest absolute Gasteiger partial charge is 0.322 e. The predicted octanol–water partition coefficient (Wildman–Crippen LogP) is 3.08. The number of rotatable bonds is 3. The van der Waals surface area contributed by atoms with Crippen LogP contribution < -0.4 is 5.32 Å². The first-order chi connectivity index (χ1) is 11.7. The molecule has 0 atom stereocenters. The van der Waals surface area contributed by atoms with Crippen molar-refractivity contribution in [3.8, 4) is 5.69 Å². The fourth-order valence-electron chi connectivity index (χ4n) is 2.66. The van der Waals surface area contributed by atoms with E-state index < -0.39 is 0 Å². The third-order valence-corrected chi connectivity index (χ3v) is 3.91. The highest BCUT2D eigenvalue weighted by Gasteiger charge is 2.15. The normalized spacial score (nSPS) is 10.9. The van der Waals surface area contributed by atoms with Crippen LogP contribution in [0.5, 0.6) is 0 Å². The Morgan fingerprint density at radius 3 is 2.75 bits per heavy atom. The number of amides is 1. The van der Waals surface area contributed by atoms with Gasteiger partial charge in [-0.25, -0.2) is 9.20 Å². The second kappa shape index (κ2) is 5.66. The predicted molar refractivity (Wildman–Crippen MR) is 91.4 cm³/mol. The summed E-state index contributed by atoms with van der Waals surface area (Å²) in [5.41, 5.74) is 3.91. The van der Waals surface area contributed by atoms with Crippen LogP contribution in [0.2, 0.25) is 0 Å². The molecule has 0 aliphatic rings. The first kappa shape index (κ1) is 14.2. The van der Waals surface area contributed by atoms with E-state index in [4.69, 9.17) is 0 Å². The number of hydrogen-bond donors (Lipinski definition) is 1. The highest BCUT2D eigenvalue weighted by molar-refractivity contribution is 6.05. The second-order valence-corrected chi connectivity index (χ2v) is 5.46. The molecule has 0 fully saturated rings. The minimum atomic E-state index is -0.182. The van der Waals surface area contributed by atoms with E-state index in [2.05, 4.69) is 15.5 Å². The van der Waals surface area contributed by atoms with Crippen LogP contribution in [0.1, 0.15) is 16.1 Å². The molecule has 0 aliphatic carbocycles. The van der Waals surface area contributed by atoms with Gasteiger partial charge in [-0.2, -0.15) is 10.2 Å². The van der Waals surface area contributed by atoms with Gasteiger partial charge in [0.05, 0.1) is 28.7 Å². The third-order valence-electron chi connectivity index (χ3n) is 3.91. The SMILES string of the molecule is Cc1c(C(=O)Nc2ccn3nccc3c2)cnn1-c1ccccc1. The van der Waals surface area contributed by atoms with E-state index in [1.165, 1.54) is 0 Å². The van der Waals surface area contributed by atoms with Crippen molar-refractivity contribution in [3.05, 3.63) is 78.4 Å². The fourth-order valence-corrected chi connectivity index (χ4v) is 2.66. The van der Waals surface area contributed by atoms with Crippen molar-refractivity contribution < 1.29 is 4.79 Å². The van der Waals surface area contributed by atoms with Crippen LogP contribution in [0.15, 0.2) is 67.1 Å². The van der Waals surface area contributed by atoms with Gasteiger partial charge >= 0.3 is 0 Å². The fraction of sp³-hybridized carbons (Fsp3) is 0.0556. The molecule has 0 bridgehead atoms. The van der Waals surface area contributed by atoms with Crippen molar-refractivity contribution >= 4 is 17.1 Å². The summed E-state index contributed by atoms with van der Waals surface area (Å²) in [6.45, 7) is 1.88. The average Bonchev–Trinajstić information content (AvgIpc) is 3.21. The average molecular weight is 317 g/mol. The van der Waals surface area contributed by atoms with E-state index >= 15 is 0 Å². The van der Waals surface area contributed by atoms with E-state index in [1.807, 2.05) is 61.7 Å². The van der Waals surface area contributed by atoms with Gasteiger partial charge in [0.25, 0.3) is 5.91 Å². The zero-order valence-corrected chi connectivity index (χ0v) is 13.0. The monoisotopic (exact) mass is 317 g/mol. The highest BCUT2D eigenvalue weighted by atomic mass is 16.1. The van der Waals surface area contributed by atoms with E-state index in [0.717, 1.165) is 22.6 Å². The number of fused-ring (bicyclic) bond motifs is 1. The number of pyridine rings is 1. The molecule has 4 rings (SSSR count).